The molecule has 1 aliphatic carbocycles. The van der Waals surface area contributed by atoms with Gasteiger partial charge in [-0.1, -0.05) is 49.8 Å². The van der Waals surface area contributed by atoms with Crippen molar-refractivity contribution >= 4 is 5.57 Å². The standard InChI is InChI=1S/C15H21NO/c1-12(13-8-4-3-5-9-13)15(17)11-7-6-10-14(15)16-2/h3-5,8-9,14,16-17H,1,6-7,10-11H2,2H3. The zero-order valence-corrected chi connectivity index (χ0v) is 10.4. The molecule has 0 aliphatic heterocycles. The highest BCUT2D eigenvalue weighted by molar-refractivity contribution is 5.71. The summed E-state index contributed by atoms with van der Waals surface area (Å²) in [4.78, 5) is 0. The molecule has 2 rings (SSSR count). The van der Waals surface area contributed by atoms with Crippen molar-refractivity contribution in [2.75, 3.05) is 7.05 Å². The third-order valence-electron chi connectivity index (χ3n) is 3.87. The van der Waals surface area contributed by atoms with Crippen LogP contribution < -0.4 is 5.32 Å². The van der Waals surface area contributed by atoms with Gasteiger partial charge in [0.15, 0.2) is 0 Å². The number of nitrogens with one attached hydrogen (secondary N) is 1. The molecule has 2 N–H and O–H groups in total. The van der Waals surface area contributed by atoms with Crippen LogP contribution in [-0.4, -0.2) is 23.8 Å². The molecule has 92 valence electrons. The van der Waals surface area contributed by atoms with Crippen molar-refractivity contribution < 1.29 is 5.11 Å². The number of benzene rings is 1. The van der Waals surface area contributed by atoms with Crippen LogP contribution in [-0.2, 0) is 0 Å². The van der Waals surface area contributed by atoms with Gasteiger partial charge < -0.3 is 10.4 Å². The fourth-order valence-corrected chi connectivity index (χ4v) is 2.79. The normalized spacial score (nSPS) is 28.9. The van der Waals surface area contributed by atoms with Gasteiger partial charge in [-0.2, -0.15) is 0 Å². The maximum Gasteiger partial charge on any atom is 0.105 e. The van der Waals surface area contributed by atoms with Crippen LogP contribution >= 0.6 is 0 Å². The summed E-state index contributed by atoms with van der Waals surface area (Å²) in [7, 11) is 1.92. The average Bonchev–Trinajstić information content (AvgIpc) is 2.39. The molecule has 1 saturated carbocycles. The summed E-state index contributed by atoms with van der Waals surface area (Å²) in [6.07, 6.45) is 4.06. The minimum absolute atomic E-state index is 0.115. The van der Waals surface area contributed by atoms with Gasteiger partial charge >= 0.3 is 0 Å². The second kappa shape index (κ2) is 5.03. The third-order valence-corrected chi connectivity index (χ3v) is 3.87. The molecule has 0 aromatic heterocycles. The monoisotopic (exact) mass is 231 g/mol. The SMILES string of the molecule is C=C(c1ccccc1)C1(O)CCCCC1NC. The predicted octanol–water partition coefficient (Wildman–Crippen LogP) is 2.59. The highest BCUT2D eigenvalue weighted by Gasteiger charge is 2.40. The average molecular weight is 231 g/mol. The lowest BCUT2D eigenvalue weighted by Crippen LogP contribution is -2.52. The van der Waals surface area contributed by atoms with Crippen molar-refractivity contribution in [1.82, 2.24) is 5.32 Å². The molecule has 2 atom stereocenters. The number of likely N-dealkylation sites (N-methyl/N-ethyl adjacent to an activating group) is 1. The summed E-state index contributed by atoms with van der Waals surface area (Å²) >= 11 is 0. The van der Waals surface area contributed by atoms with Gasteiger partial charge in [-0.25, -0.2) is 0 Å². The molecule has 2 unspecified atom stereocenters. The molecule has 2 heteroatoms. The molecule has 1 aromatic carbocycles. The number of aliphatic hydroxyl groups is 1. The van der Waals surface area contributed by atoms with Crippen molar-refractivity contribution in [2.45, 2.75) is 37.3 Å². The summed E-state index contributed by atoms with van der Waals surface area (Å²) in [5.41, 5.74) is 1.09. The number of hydrogen-bond acceptors (Lipinski definition) is 2. The van der Waals surface area contributed by atoms with E-state index in [9.17, 15) is 5.11 Å². The zero-order valence-electron chi connectivity index (χ0n) is 10.4. The second-order valence-corrected chi connectivity index (χ2v) is 4.86. The van der Waals surface area contributed by atoms with E-state index < -0.39 is 5.60 Å². The molecular weight excluding hydrogens is 210 g/mol. The Morgan fingerprint density at radius 3 is 2.71 bits per heavy atom. The van der Waals surface area contributed by atoms with E-state index >= 15 is 0 Å². The highest BCUT2D eigenvalue weighted by Crippen LogP contribution is 2.38. The van der Waals surface area contributed by atoms with Crippen molar-refractivity contribution in [1.29, 1.82) is 0 Å². The van der Waals surface area contributed by atoms with Crippen molar-refractivity contribution in [3.05, 3.63) is 42.5 Å². The van der Waals surface area contributed by atoms with Crippen LogP contribution in [0.2, 0.25) is 0 Å². The zero-order chi connectivity index (χ0) is 12.3. The Morgan fingerprint density at radius 2 is 2.06 bits per heavy atom. The van der Waals surface area contributed by atoms with Gasteiger partial charge in [0.1, 0.15) is 5.60 Å². The molecule has 0 heterocycles. The first-order chi connectivity index (χ1) is 8.18. The van der Waals surface area contributed by atoms with Gasteiger partial charge in [0.25, 0.3) is 0 Å². The van der Waals surface area contributed by atoms with Gasteiger partial charge in [-0.3, -0.25) is 0 Å². The Morgan fingerprint density at radius 1 is 1.35 bits per heavy atom. The van der Waals surface area contributed by atoms with Crippen LogP contribution in [0.4, 0.5) is 0 Å². The first kappa shape index (κ1) is 12.3. The molecule has 0 bridgehead atoms. The van der Waals surface area contributed by atoms with Crippen molar-refractivity contribution in [2.24, 2.45) is 0 Å². The molecule has 0 radical (unpaired) electrons. The van der Waals surface area contributed by atoms with E-state index in [1.807, 2.05) is 37.4 Å². The van der Waals surface area contributed by atoms with E-state index in [-0.39, 0.29) is 6.04 Å². The van der Waals surface area contributed by atoms with E-state index in [0.29, 0.717) is 0 Å². The molecule has 1 aromatic rings. The molecular formula is C15H21NO. The number of hydrogen-bond donors (Lipinski definition) is 2. The van der Waals surface area contributed by atoms with Gasteiger partial charge in [0.2, 0.25) is 0 Å². The first-order valence-corrected chi connectivity index (χ1v) is 6.33. The van der Waals surface area contributed by atoms with Crippen LogP contribution in [0.3, 0.4) is 0 Å². The Bertz CT molecular complexity index is 387. The maximum atomic E-state index is 10.9. The molecule has 0 spiro atoms. The smallest absolute Gasteiger partial charge is 0.105 e. The van der Waals surface area contributed by atoms with Gasteiger partial charge in [0, 0.05) is 6.04 Å². The first-order valence-electron chi connectivity index (χ1n) is 6.33. The quantitative estimate of drug-likeness (QED) is 0.838. The second-order valence-electron chi connectivity index (χ2n) is 4.86. The van der Waals surface area contributed by atoms with Crippen molar-refractivity contribution in [3.63, 3.8) is 0 Å². The van der Waals surface area contributed by atoms with Crippen molar-refractivity contribution in [3.8, 4) is 0 Å². The van der Waals surface area contributed by atoms with E-state index in [2.05, 4.69) is 11.9 Å². The van der Waals surface area contributed by atoms with Crippen LogP contribution in [0.15, 0.2) is 36.9 Å². The summed E-state index contributed by atoms with van der Waals surface area (Å²) in [6.45, 7) is 4.13. The molecule has 0 saturated heterocycles. The lowest BCUT2D eigenvalue weighted by molar-refractivity contribution is 0.0298. The number of rotatable bonds is 3. The van der Waals surface area contributed by atoms with Crippen LogP contribution in [0.5, 0.6) is 0 Å². The topological polar surface area (TPSA) is 32.3 Å². The summed E-state index contributed by atoms with van der Waals surface area (Å²) in [6, 6.07) is 10.1. The predicted molar refractivity (Wildman–Crippen MR) is 71.7 cm³/mol. The Kier molecular flexibility index (Phi) is 3.65. The third kappa shape index (κ3) is 2.28. The molecule has 2 nitrogen and oxygen atoms in total. The van der Waals surface area contributed by atoms with E-state index in [1.165, 1.54) is 6.42 Å². The Balaban J connectivity index is 2.27. The lowest BCUT2D eigenvalue weighted by atomic mass is 9.74. The van der Waals surface area contributed by atoms with E-state index in [4.69, 9.17) is 0 Å². The van der Waals surface area contributed by atoms with Crippen LogP contribution in [0.25, 0.3) is 5.57 Å². The van der Waals surface area contributed by atoms with Gasteiger partial charge in [-0.05, 0) is 31.0 Å². The largest absolute Gasteiger partial charge is 0.384 e. The Labute approximate surface area is 103 Å². The van der Waals surface area contributed by atoms with Crippen LogP contribution in [0.1, 0.15) is 31.2 Å². The van der Waals surface area contributed by atoms with E-state index in [1.54, 1.807) is 0 Å². The van der Waals surface area contributed by atoms with Gasteiger partial charge in [-0.15, -0.1) is 0 Å². The minimum Gasteiger partial charge on any atom is -0.384 e. The summed E-state index contributed by atoms with van der Waals surface area (Å²) < 4.78 is 0. The minimum atomic E-state index is -0.797. The molecule has 17 heavy (non-hydrogen) atoms. The molecule has 0 amide bonds. The maximum absolute atomic E-state index is 10.9. The van der Waals surface area contributed by atoms with E-state index in [0.717, 1.165) is 30.4 Å². The molecule has 1 fully saturated rings. The molecule has 1 aliphatic rings. The van der Waals surface area contributed by atoms with Crippen LogP contribution in [0, 0.1) is 0 Å². The highest BCUT2D eigenvalue weighted by atomic mass is 16.3. The fraction of sp³-hybridized carbons (Fsp3) is 0.467. The summed E-state index contributed by atoms with van der Waals surface area (Å²) in [5.74, 6) is 0. The lowest BCUT2D eigenvalue weighted by Gasteiger charge is -2.41. The Hall–Kier alpha value is -1.12. The fourth-order valence-electron chi connectivity index (χ4n) is 2.79. The van der Waals surface area contributed by atoms with Gasteiger partial charge in [0.05, 0.1) is 0 Å². The summed E-state index contributed by atoms with van der Waals surface area (Å²) in [5, 5.41) is 14.1.